The minimum absolute atomic E-state index is 0.344. The van der Waals surface area contributed by atoms with Crippen LogP contribution in [0.2, 0.25) is 5.02 Å². The number of ether oxygens (including phenoxy) is 3. The van der Waals surface area contributed by atoms with Crippen LogP contribution in [0.3, 0.4) is 0 Å². The predicted octanol–water partition coefficient (Wildman–Crippen LogP) is 5.35. The number of thiazole rings is 1. The second-order valence-electron chi connectivity index (χ2n) is 6.33. The first-order valence-electron chi connectivity index (χ1n) is 9.06. The molecule has 9 heteroatoms. The number of nitrogens with zero attached hydrogens (tertiary/aromatic N) is 2. The Hall–Kier alpha value is -3.36. The normalized spacial score (nSPS) is 11.2. The summed E-state index contributed by atoms with van der Waals surface area (Å²) in [6.07, 6.45) is 1.62. The van der Waals surface area contributed by atoms with Crippen LogP contribution in [0.1, 0.15) is 5.56 Å². The molecule has 2 heterocycles. The van der Waals surface area contributed by atoms with Gasteiger partial charge in [0.1, 0.15) is 5.58 Å². The third kappa shape index (κ3) is 4.12. The zero-order valence-electron chi connectivity index (χ0n) is 16.8. The quantitative estimate of drug-likeness (QED) is 0.287. The van der Waals surface area contributed by atoms with Crippen LogP contribution >= 0.6 is 22.9 Å². The van der Waals surface area contributed by atoms with E-state index in [1.807, 2.05) is 0 Å². The Morgan fingerprint density at radius 3 is 2.61 bits per heavy atom. The van der Waals surface area contributed by atoms with E-state index in [0.29, 0.717) is 49.8 Å². The van der Waals surface area contributed by atoms with Gasteiger partial charge in [0.2, 0.25) is 10.9 Å². The van der Waals surface area contributed by atoms with Gasteiger partial charge in [-0.15, -0.1) is 11.3 Å². The second-order valence-corrected chi connectivity index (χ2v) is 7.60. The standard InChI is InChI=1S/C22H17ClN2O5S/c1-27-18-6-4-12(19(28-2)20(18)29-3)10-24-22-25-16(11-31-22)15-9-13-8-14(23)5-7-17(13)30-21(15)26/h4-11H,1-3H3. The molecule has 158 valence electrons. The molecule has 7 nitrogen and oxygen atoms in total. The summed E-state index contributed by atoms with van der Waals surface area (Å²) in [6.45, 7) is 0. The molecule has 0 atom stereocenters. The molecule has 31 heavy (non-hydrogen) atoms. The van der Waals surface area contributed by atoms with Gasteiger partial charge in [0.05, 0.1) is 32.6 Å². The summed E-state index contributed by atoms with van der Waals surface area (Å²) in [6, 6.07) is 10.4. The molecule has 0 fully saturated rings. The number of halogens is 1. The van der Waals surface area contributed by atoms with Crippen molar-refractivity contribution in [3.8, 4) is 28.5 Å². The Labute approximate surface area is 186 Å². The molecule has 2 aromatic heterocycles. The highest BCUT2D eigenvalue weighted by atomic mass is 35.5. The average molecular weight is 457 g/mol. The average Bonchev–Trinajstić information content (AvgIpc) is 3.25. The zero-order valence-corrected chi connectivity index (χ0v) is 18.4. The highest BCUT2D eigenvalue weighted by molar-refractivity contribution is 7.13. The van der Waals surface area contributed by atoms with E-state index >= 15 is 0 Å². The summed E-state index contributed by atoms with van der Waals surface area (Å²) in [5.74, 6) is 1.52. The maximum absolute atomic E-state index is 12.4. The van der Waals surface area contributed by atoms with Crippen LogP contribution in [0.25, 0.3) is 22.2 Å². The van der Waals surface area contributed by atoms with Gasteiger partial charge in [-0.2, -0.15) is 0 Å². The third-order valence-corrected chi connectivity index (χ3v) is 5.49. The molecule has 0 saturated carbocycles. The summed E-state index contributed by atoms with van der Waals surface area (Å²) < 4.78 is 21.5. The minimum atomic E-state index is -0.475. The van der Waals surface area contributed by atoms with Crippen LogP contribution in [0.15, 0.2) is 56.0 Å². The molecule has 0 saturated heterocycles. The fraction of sp³-hybridized carbons (Fsp3) is 0.136. The molecule has 0 aliphatic heterocycles. The lowest BCUT2D eigenvalue weighted by molar-refractivity contribution is 0.324. The number of methoxy groups -OCH3 is 3. The van der Waals surface area contributed by atoms with Crippen LogP contribution in [0, 0.1) is 0 Å². The Morgan fingerprint density at radius 2 is 1.87 bits per heavy atom. The number of rotatable bonds is 6. The number of hydrogen-bond acceptors (Lipinski definition) is 8. The molecule has 0 unspecified atom stereocenters. The summed E-state index contributed by atoms with van der Waals surface area (Å²) in [7, 11) is 4.64. The number of aromatic nitrogens is 1. The van der Waals surface area contributed by atoms with E-state index in [2.05, 4.69) is 9.98 Å². The van der Waals surface area contributed by atoms with Crippen LogP contribution in [-0.2, 0) is 0 Å². The lowest BCUT2D eigenvalue weighted by Crippen LogP contribution is -2.02. The zero-order chi connectivity index (χ0) is 22.0. The first-order valence-corrected chi connectivity index (χ1v) is 10.3. The van der Waals surface area contributed by atoms with E-state index in [1.54, 1.807) is 62.2 Å². The third-order valence-electron chi connectivity index (χ3n) is 4.51. The van der Waals surface area contributed by atoms with Gasteiger partial charge < -0.3 is 18.6 Å². The Morgan fingerprint density at radius 1 is 1.06 bits per heavy atom. The van der Waals surface area contributed by atoms with Crippen molar-refractivity contribution >= 4 is 45.3 Å². The van der Waals surface area contributed by atoms with Gasteiger partial charge in [-0.05, 0) is 36.4 Å². The molecular formula is C22H17ClN2O5S. The second kappa shape index (κ2) is 8.79. The Kier molecular flexibility index (Phi) is 5.92. The SMILES string of the molecule is COc1ccc(C=Nc2nc(-c3cc4cc(Cl)ccc4oc3=O)cs2)c(OC)c1OC. The highest BCUT2D eigenvalue weighted by Gasteiger charge is 2.15. The van der Waals surface area contributed by atoms with Crippen LogP contribution < -0.4 is 19.8 Å². The first-order chi connectivity index (χ1) is 15.0. The van der Waals surface area contributed by atoms with Crippen molar-refractivity contribution in [1.82, 2.24) is 4.98 Å². The topological polar surface area (TPSA) is 83.2 Å². The van der Waals surface area contributed by atoms with E-state index in [0.717, 1.165) is 5.39 Å². The number of benzene rings is 2. The van der Waals surface area contributed by atoms with E-state index in [9.17, 15) is 4.79 Å². The van der Waals surface area contributed by atoms with Crippen LogP contribution in [0.4, 0.5) is 5.13 Å². The minimum Gasteiger partial charge on any atom is -0.493 e. The van der Waals surface area contributed by atoms with Gasteiger partial charge in [0, 0.05) is 27.6 Å². The lowest BCUT2D eigenvalue weighted by atomic mass is 10.1. The molecule has 0 spiro atoms. The molecule has 4 aromatic rings. The summed E-state index contributed by atoms with van der Waals surface area (Å²) in [5, 5.41) is 3.49. The molecular weight excluding hydrogens is 440 g/mol. The lowest BCUT2D eigenvalue weighted by Gasteiger charge is -2.13. The van der Waals surface area contributed by atoms with E-state index in [1.165, 1.54) is 18.4 Å². The van der Waals surface area contributed by atoms with Crippen molar-refractivity contribution in [2.45, 2.75) is 0 Å². The molecule has 0 N–H and O–H groups in total. The first kappa shape index (κ1) is 20.9. The molecule has 0 radical (unpaired) electrons. The van der Waals surface area contributed by atoms with Gasteiger partial charge in [-0.3, -0.25) is 0 Å². The van der Waals surface area contributed by atoms with E-state index in [4.69, 9.17) is 30.2 Å². The van der Waals surface area contributed by atoms with Gasteiger partial charge in [0.25, 0.3) is 0 Å². The van der Waals surface area contributed by atoms with Crippen molar-refractivity contribution in [3.63, 3.8) is 0 Å². The summed E-state index contributed by atoms with van der Waals surface area (Å²) in [4.78, 5) is 21.3. The van der Waals surface area contributed by atoms with Crippen molar-refractivity contribution in [2.24, 2.45) is 4.99 Å². The smallest absolute Gasteiger partial charge is 0.345 e. The molecule has 2 aromatic carbocycles. The molecule has 4 rings (SSSR count). The fourth-order valence-electron chi connectivity index (χ4n) is 3.07. The molecule has 0 amide bonds. The Bertz CT molecular complexity index is 1350. The van der Waals surface area contributed by atoms with Crippen molar-refractivity contribution < 1.29 is 18.6 Å². The number of aliphatic imine (C=N–C) groups is 1. The van der Waals surface area contributed by atoms with Gasteiger partial charge in [0.15, 0.2) is 11.5 Å². The van der Waals surface area contributed by atoms with Crippen molar-refractivity contribution in [1.29, 1.82) is 0 Å². The number of hydrogen-bond donors (Lipinski definition) is 0. The van der Waals surface area contributed by atoms with E-state index in [-0.39, 0.29) is 0 Å². The van der Waals surface area contributed by atoms with Crippen molar-refractivity contribution in [3.05, 3.63) is 62.8 Å². The summed E-state index contributed by atoms with van der Waals surface area (Å²) >= 11 is 7.35. The maximum Gasteiger partial charge on any atom is 0.345 e. The summed E-state index contributed by atoms with van der Waals surface area (Å²) in [5.41, 5.74) is 1.50. The van der Waals surface area contributed by atoms with E-state index < -0.39 is 5.63 Å². The van der Waals surface area contributed by atoms with Crippen LogP contribution in [0.5, 0.6) is 17.2 Å². The monoisotopic (exact) mass is 456 g/mol. The predicted molar refractivity (Wildman–Crippen MR) is 122 cm³/mol. The van der Waals surface area contributed by atoms with Crippen LogP contribution in [-0.4, -0.2) is 32.5 Å². The molecule has 0 aliphatic carbocycles. The van der Waals surface area contributed by atoms with Gasteiger partial charge in [-0.1, -0.05) is 11.6 Å². The molecule has 0 aliphatic rings. The Balaban J connectivity index is 1.68. The fourth-order valence-corrected chi connectivity index (χ4v) is 3.91. The largest absolute Gasteiger partial charge is 0.493 e. The maximum atomic E-state index is 12.4. The molecule has 0 bridgehead atoms. The van der Waals surface area contributed by atoms with Gasteiger partial charge in [-0.25, -0.2) is 14.8 Å². The number of fused-ring (bicyclic) bond motifs is 1. The highest BCUT2D eigenvalue weighted by Crippen LogP contribution is 2.39. The van der Waals surface area contributed by atoms with Crippen molar-refractivity contribution in [2.75, 3.05) is 21.3 Å². The van der Waals surface area contributed by atoms with Gasteiger partial charge >= 0.3 is 5.63 Å².